The summed E-state index contributed by atoms with van der Waals surface area (Å²) >= 11 is 1.10. The Hall–Kier alpha value is -1.64. The van der Waals surface area contributed by atoms with Crippen molar-refractivity contribution in [1.29, 1.82) is 0 Å². The Bertz CT molecular complexity index is 405. The molecular formula is C8H7F3N2O3S. The number of halogens is 3. The lowest BCUT2D eigenvalue weighted by atomic mass is 10.2. The normalized spacial score (nSPS) is 13.1. The maximum Gasteiger partial charge on any atom is 0.471 e. The highest BCUT2D eigenvalue weighted by atomic mass is 32.1. The number of hydrogen-bond acceptors (Lipinski definition) is 4. The quantitative estimate of drug-likeness (QED) is 0.847. The van der Waals surface area contributed by atoms with Gasteiger partial charge in [-0.2, -0.15) is 13.2 Å². The van der Waals surface area contributed by atoms with Gasteiger partial charge in [-0.1, -0.05) is 0 Å². The number of aliphatic carboxylic acids is 1. The van der Waals surface area contributed by atoms with Crippen LogP contribution >= 0.6 is 11.3 Å². The van der Waals surface area contributed by atoms with Crippen molar-refractivity contribution in [2.75, 3.05) is 0 Å². The van der Waals surface area contributed by atoms with Gasteiger partial charge in [0.05, 0.1) is 5.01 Å². The van der Waals surface area contributed by atoms with Gasteiger partial charge in [0.15, 0.2) is 0 Å². The zero-order chi connectivity index (χ0) is 13.1. The summed E-state index contributed by atoms with van der Waals surface area (Å²) in [5, 5.41) is 12.0. The van der Waals surface area contributed by atoms with Crippen LogP contribution in [0.2, 0.25) is 0 Å². The molecule has 1 aromatic rings. The van der Waals surface area contributed by atoms with Gasteiger partial charge in [-0.15, -0.1) is 11.3 Å². The van der Waals surface area contributed by atoms with Gasteiger partial charge in [0.1, 0.15) is 6.04 Å². The average Bonchev–Trinajstić information content (AvgIpc) is 2.67. The zero-order valence-corrected chi connectivity index (χ0v) is 9.01. The molecule has 1 aromatic heterocycles. The molecule has 0 aromatic carbocycles. The van der Waals surface area contributed by atoms with Gasteiger partial charge < -0.3 is 10.4 Å². The lowest BCUT2D eigenvalue weighted by Crippen LogP contribution is -2.47. The van der Waals surface area contributed by atoms with Crippen LogP contribution in [0.25, 0.3) is 0 Å². The van der Waals surface area contributed by atoms with E-state index in [1.54, 1.807) is 5.38 Å². The van der Waals surface area contributed by atoms with Crippen molar-refractivity contribution in [3.63, 3.8) is 0 Å². The molecule has 2 N–H and O–H groups in total. The molecule has 94 valence electrons. The third-order valence-corrected chi connectivity index (χ3v) is 2.53. The Morgan fingerprint density at radius 2 is 2.18 bits per heavy atom. The number of thiazole rings is 1. The van der Waals surface area contributed by atoms with Crippen molar-refractivity contribution >= 4 is 23.2 Å². The second-order valence-electron chi connectivity index (χ2n) is 2.99. The Balaban J connectivity index is 2.68. The van der Waals surface area contributed by atoms with Crippen molar-refractivity contribution in [3.8, 4) is 0 Å². The Morgan fingerprint density at radius 1 is 1.53 bits per heavy atom. The highest BCUT2D eigenvalue weighted by molar-refractivity contribution is 7.09. The summed E-state index contributed by atoms with van der Waals surface area (Å²) in [6, 6.07) is -1.64. The molecule has 17 heavy (non-hydrogen) atoms. The summed E-state index contributed by atoms with van der Waals surface area (Å²) in [4.78, 5) is 25.0. The van der Waals surface area contributed by atoms with Crippen molar-refractivity contribution in [1.82, 2.24) is 10.3 Å². The molecule has 1 amide bonds. The van der Waals surface area contributed by atoms with Gasteiger partial charge in [-0.25, -0.2) is 9.78 Å². The summed E-state index contributed by atoms with van der Waals surface area (Å²) in [6.45, 7) is 0. The number of carboxylic acids is 1. The highest BCUT2D eigenvalue weighted by Gasteiger charge is 2.40. The van der Waals surface area contributed by atoms with Crippen molar-refractivity contribution in [2.45, 2.75) is 18.6 Å². The number of carbonyl (C=O) groups is 2. The fourth-order valence-electron chi connectivity index (χ4n) is 0.969. The molecule has 0 fully saturated rings. The largest absolute Gasteiger partial charge is 0.480 e. The Kier molecular flexibility index (Phi) is 4.05. The van der Waals surface area contributed by atoms with Gasteiger partial charge >= 0.3 is 18.1 Å². The van der Waals surface area contributed by atoms with E-state index in [2.05, 4.69) is 4.98 Å². The highest BCUT2D eigenvalue weighted by Crippen LogP contribution is 2.15. The number of amides is 1. The van der Waals surface area contributed by atoms with E-state index in [9.17, 15) is 22.8 Å². The van der Waals surface area contributed by atoms with Crippen molar-refractivity contribution < 1.29 is 27.9 Å². The molecule has 0 aliphatic rings. The average molecular weight is 268 g/mol. The van der Waals surface area contributed by atoms with E-state index in [1.807, 2.05) is 0 Å². The van der Waals surface area contributed by atoms with Crippen LogP contribution in [-0.2, 0) is 16.0 Å². The van der Waals surface area contributed by atoms with Crippen LogP contribution in [0.15, 0.2) is 11.6 Å². The summed E-state index contributed by atoms with van der Waals surface area (Å²) in [6.07, 6.45) is -3.99. The Morgan fingerprint density at radius 3 is 2.59 bits per heavy atom. The second-order valence-corrected chi connectivity index (χ2v) is 3.97. The molecule has 0 aliphatic carbocycles. The van der Waals surface area contributed by atoms with Crippen LogP contribution in [-0.4, -0.2) is 34.2 Å². The summed E-state index contributed by atoms with van der Waals surface area (Å²) in [7, 11) is 0. The molecule has 0 bridgehead atoms. The fourth-order valence-corrected chi connectivity index (χ4v) is 1.63. The standard InChI is InChI=1S/C8H7F3N2O3S/c9-8(10,11)7(16)13-4(6(14)15)3-5-12-1-2-17-5/h1-2,4H,3H2,(H,13,16)(H,14,15)/t4-/m0/s1. The van der Waals surface area contributed by atoms with Crippen LogP contribution in [0.4, 0.5) is 13.2 Å². The monoisotopic (exact) mass is 268 g/mol. The van der Waals surface area contributed by atoms with Crippen LogP contribution < -0.4 is 5.32 Å². The molecule has 0 radical (unpaired) electrons. The number of hydrogen-bond donors (Lipinski definition) is 2. The third kappa shape index (κ3) is 4.02. The van der Waals surface area contributed by atoms with E-state index in [4.69, 9.17) is 5.11 Å². The number of alkyl halides is 3. The minimum absolute atomic E-state index is 0.283. The van der Waals surface area contributed by atoms with Gasteiger partial charge in [-0.3, -0.25) is 4.79 Å². The van der Waals surface area contributed by atoms with Crippen molar-refractivity contribution in [2.24, 2.45) is 0 Å². The van der Waals surface area contributed by atoms with Gasteiger partial charge in [0.25, 0.3) is 0 Å². The van der Waals surface area contributed by atoms with Crippen LogP contribution in [0.5, 0.6) is 0 Å². The fraction of sp³-hybridized carbons (Fsp3) is 0.375. The first-order chi connectivity index (χ1) is 7.80. The van der Waals surface area contributed by atoms with E-state index < -0.39 is 24.1 Å². The van der Waals surface area contributed by atoms with Gasteiger partial charge in [0, 0.05) is 18.0 Å². The first-order valence-electron chi connectivity index (χ1n) is 4.29. The summed E-state index contributed by atoms with van der Waals surface area (Å²) in [5.41, 5.74) is 0. The van der Waals surface area contributed by atoms with E-state index in [0.717, 1.165) is 11.3 Å². The molecule has 1 rings (SSSR count). The van der Waals surface area contributed by atoms with E-state index in [1.165, 1.54) is 11.5 Å². The third-order valence-electron chi connectivity index (χ3n) is 1.72. The number of carboxylic acid groups (broad SMARTS) is 1. The molecule has 9 heteroatoms. The lowest BCUT2D eigenvalue weighted by molar-refractivity contribution is -0.175. The topological polar surface area (TPSA) is 79.3 Å². The van der Waals surface area contributed by atoms with Crippen molar-refractivity contribution in [3.05, 3.63) is 16.6 Å². The first kappa shape index (κ1) is 13.4. The SMILES string of the molecule is O=C(O)[C@H](Cc1nccs1)NC(=O)C(F)(F)F. The molecule has 0 saturated carbocycles. The molecule has 0 unspecified atom stereocenters. The van der Waals surface area contributed by atoms with Crippen LogP contribution in [0.3, 0.4) is 0 Å². The molecule has 5 nitrogen and oxygen atoms in total. The first-order valence-corrected chi connectivity index (χ1v) is 5.17. The number of aromatic nitrogens is 1. The van der Waals surface area contributed by atoms with Gasteiger partial charge in [0.2, 0.25) is 0 Å². The Labute approximate surface area is 97.3 Å². The molecule has 0 spiro atoms. The summed E-state index contributed by atoms with van der Waals surface area (Å²) in [5.74, 6) is -3.82. The van der Waals surface area contributed by atoms with Crippen LogP contribution in [0.1, 0.15) is 5.01 Å². The van der Waals surface area contributed by atoms with Crippen LogP contribution in [0, 0.1) is 0 Å². The zero-order valence-electron chi connectivity index (χ0n) is 8.19. The smallest absolute Gasteiger partial charge is 0.471 e. The number of nitrogens with one attached hydrogen (secondary N) is 1. The minimum atomic E-state index is -5.10. The van der Waals surface area contributed by atoms with E-state index in [-0.39, 0.29) is 6.42 Å². The molecule has 1 heterocycles. The maximum absolute atomic E-state index is 11.9. The second kappa shape index (κ2) is 5.13. The van der Waals surface area contributed by atoms with Gasteiger partial charge in [-0.05, 0) is 0 Å². The van der Waals surface area contributed by atoms with E-state index >= 15 is 0 Å². The molecular weight excluding hydrogens is 261 g/mol. The lowest BCUT2D eigenvalue weighted by Gasteiger charge is -2.14. The maximum atomic E-state index is 11.9. The number of nitrogens with zero attached hydrogens (tertiary/aromatic N) is 1. The molecule has 0 aliphatic heterocycles. The predicted octanol–water partition coefficient (Wildman–Crippen LogP) is 0.817. The summed E-state index contributed by atoms with van der Waals surface area (Å²) < 4.78 is 35.8. The molecule has 1 atom stereocenters. The number of carbonyl (C=O) groups excluding carboxylic acids is 1. The predicted molar refractivity (Wildman–Crippen MR) is 51.4 cm³/mol. The molecule has 0 saturated heterocycles. The number of rotatable bonds is 4. The van der Waals surface area contributed by atoms with E-state index in [0.29, 0.717) is 5.01 Å². The minimum Gasteiger partial charge on any atom is -0.480 e.